The zero-order valence-corrected chi connectivity index (χ0v) is 16.6. The molecule has 146 valence electrons. The summed E-state index contributed by atoms with van der Waals surface area (Å²) in [6.07, 6.45) is 2.09. The van der Waals surface area contributed by atoms with Crippen LogP contribution in [0.2, 0.25) is 0 Å². The molecule has 0 saturated carbocycles. The summed E-state index contributed by atoms with van der Waals surface area (Å²) in [5.41, 5.74) is 1.05. The van der Waals surface area contributed by atoms with Crippen LogP contribution in [0.1, 0.15) is 50.2 Å². The van der Waals surface area contributed by atoms with E-state index in [0.717, 1.165) is 29.9 Å². The van der Waals surface area contributed by atoms with Crippen LogP contribution in [0.15, 0.2) is 46.9 Å². The lowest BCUT2D eigenvalue weighted by Crippen LogP contribution is -2.42. The van der Waals surface area contributed by atoms with Crippen molar-refractivity contribution in [3.8, 4) is 0 Å². The highest BCUT2D eigenvalue weighted by atomic mass is 16.3. The van der Waals surface area contributed by atoms with Gasteiger partial charge in [0.1, 0.15) is 11.5 Å². The quantitative estimate of drug-likeness (QED) is 0.631. The lowest BCUT2D eigenvalue weighted by molar-refractivity contribution is -0.141. The van der Waals surface area contributed by atoms with Crippen LogP contribution in [0.3, 0.4) is 0 Å². The first-order chi connectivity index (χ1) is 13.0. The SMILES string of the molecule is CCCC(=O)N(CCC)CC(=O)N(Cc1ccccc1)Cc1ccc(C)o1. The predicted molar refractivity (Wildman–Crippen MR) is 106 cm³/mol. The Kier molecular flexibility index (Phi) is 8.11. The van der Waals surface area contributed by atoms with E-state index in [0.29, 0.717) is 26.1 Å². The van der Waals surface area contributed by atoms with Gasteiger partial charge in [-0.3, -0.25) is 9.59 Å². The fourth-order valence-electron chi connectivity index (χ4n) is 2.99. The van der Waals surface area contributed by atoms with Crippen LogP contribution in [-0.2, 0) is 22.7 Å². The van der Waals surface area contributed by atoms with Crippen LogP contribution in [0.4, 0.5) is 0 Å². The zero-order chi connectivity index (χ0) is 19.6. The molecular weight excluding hydrogens is 340 g/mol. The minimum atomic E-state index is -0.0641. The molecule has 0 aliphatic carbocycles. The van der Waals surface area contributed by atoms with E-state index in [1.165, 1.54) is 0 Å². The lowest BCUT2D eigenvalue weighted by atomic mass is 10.2. The predicted octanol–water partition coefficient (Wildman–Crippen LogP) is 4.16. The van der Waals surface area contributed by atoms with Gasteiger partial charge in [0, 0.05) is 19.5 Å². The Bertz CT molecular complexity index is 724. The molecule has 0 bridgehead atoms. The molecular formula is C22H30N2O3. The largest absolute Gasteiger partial charge is 0.464 e. The summed E-state index contributed by atoms with van der Waals surface area (Å²) in [5.74, 6) is 1.55. The van der Waals surface area contributed by atoms with E-state index in [2.05, 4.69) is 0 Å². The highest BCUT2D eigenvalue weighted by Gasteiger charge is 2.21. The molecule has 2 aromatic rings. The molecule has 1 aromatic heterocycles. The number of benzene rings is 1. The minimum Gasteiger partial charge on any atom is -0.464 e. The molecule has 0 saturated heterocycles. The van der Waals surface area contributed by atoms with Gasteiger partial charge in [0.05, 0.1) is 13.1 Å². The van der Waals surface area contributed by atoms with Crippen molar-refractivity contribution in [2.24, 2.45) is 0 Å². The molecule has 0 atom stereocenters. The number of hydrogen-bond donors (Lipinski definition) is 0. The second-order valence-corrected chi connectivity index (χ2v) is 6.81. The van der Waals surface area contributed by atoms with Crippen molar-refractivity contribution in [3.63, 3.8) is 0 Å². The maximum absolute atomic E-state index is 13.0. The third-order valence-corrected chi connectivity index (χ3v) is 4.35. The molecule has 5 heteroatoms. The van der Waals surface area contributed by atoms with E-state index in [1.54, 1.807) is 9.80 Å². The average Bonchev–Trinajstić information content (AvgIpc) is 3.06. The van der Waals surface area contributed by atoms with Crippen molar-refractivity contribution >= 4 is 11.8 Å². The number of hydrogen-bond acceptors (Lipinski definition) is 3. The topological polar surface area (TPSA) is 53.8 Å². The zero-order valence-electron chi connectivity index (χ0n) is 16.6. The number of rotatable bonds is 10. The van der Waals surface area contributed by atoms with Gasteiger partial charge >= 0.3 is 0 Å². The number of carbonyl (C=O) groups is 2. The summed E-state index contributed by atoms with van der Waals surface area (Å²) in [6.45, 7) is 7.47. The molecule has 0 unspecified atom stereocenters. The van der Waals surface area contributed by atoms with E-state index in [-0.39, 0.29) is 18.4 Å². The normalized spacial score (nSPS) is 10.6. The van der Waals surface area contributed by atoms with Crippen molar-refractivity contribution < 1.29 is 14.0 Å². The molecule has 0 aliphatic heterocycles. The van der Waals surface area contributed by atoms with Gasteiger partial charge < -0.3 is 14.2 Å². The Morgan fingerprint density at radius 1 is 0.889 bits per heavy atom. The van der Waals surface area contributed by atoms with E-state index >= 15 is 0 Å². The monoisotopic (exact) mass is 370 g/mol. The first kappa shape index (κ1) is 20.7. The Balaban J connectivity index is 2.14. The lowest BCUT2D eigenvalue weighted by Gasteiger charge is -2.27. The van der Waals surface area contributed by atoms with E-state index in [1.807, 2.05) is 63.2 Å². The van der Waals surface area contributed by atoms with Crippen LogP contribution in [0.25, 0.3) is 0 Å². The van der Waals surface area contributed by atoms with E-state index in [9.17, 15) is 9.59 Å². The van der Waals surface area contributed by atoms with Crippen molar-refractivity contribution in [1.29, 1.82) is 0 Å². The number of carbonyl (C=O) groups excluding carboxylic acids is 2. The molecule has 1 aromatic carbocycles. The summed E-state index contributed by atoms with van der Waals surface area (Å²) < 4.78 is 5.67. The molecule has 0 radical (unpaired) electrons. The summed E-state index contributed by atoms with van der Waals surface area (Å²) in [5, 5.41) is 0. The standard InChI is InChI=1S/C22H30N2O3/c1-4-9-21(25)23(14-5-2)17-22(26)24(15-19-10-7-6-8-11-19)16-20-13-12-18(3)27-20/h6-8,10-13H,4-5,9,14-17H2,1-3H3. The number of nitrogens with zero attached hydrogens (tertiary/aromatic N) is 2. The third kappa shape index (κ3) is 6.59. The van der Waals surface area contributed by atoms with Crippen LogP contribution >= 0.6 is 0 Å². The van der Waals surface area contributed by atoms with Gasteiger partial charge in [-0.2, -0.15) is 0 Å². The van der Waals surface area contributed by atoms with Gasteiger partial charge in [0.15, 0.2) is 0 Å². The molecule has 0 fully saturated rings. The van der Waals surface area contributed by atoms with Crippen LogP contribution in [-0.4, -0.2) is 34.7 Å². The highest BCUT2D eigenvalue weighted by Crippen LogP contribution is 2.14. The Hall–Kier alpha value is -2.56. The van der Waals surface area contributed by atoms with Gasteiger partial charge in [0.25, 0.3) is 0 Å². The van der Waals surface area contributed by atoms with Crippen LogP contribution < -0.4 is 0 Å². The maximum Gasteiger partial charge on any atom is 0.242 e. The molecule has 27 heavy (non-hydrogen) atoms. The number of amides is 2. The molecule has 5 nitrogen and oxygen atoms in total. The molecule has 0 aliphatic rings. The minimum absolute atomic E-state index is 0.0428. The molecule has 1 heterocycles. The van der Waals surface area contributed by atoms with Gasteiger partial charge in [-0.1, -0.05) is 44.2 Å². The van der Waals surface area contributed by atoms with Crippen molar-refractivity contribution in [2.75, 3.05) is 13.1 Å². The van der Waals surface area contributed by atoms with Gasteiger partial charge in [-0.15, -0.1) is 0 Å². The summed E-state index contributed by atoms with van der Waals surface area (Å²) in [6, 6.07) is 13.7. The fraction of sp³-hybridized carbons (Fsp3) is 0.455. The molecule has 0 N–H and O–H groups in total. The average molecular weight is 370 g/mol. The van der Waals surface area contributed by atoms with Crippen LogP contribution in [0, 0.1) is 6.92 Å². The Morgan fingerprint density at radius 3 is 2.22 bits per heavy atom. The summed E-state index contributed by atoms with van der Waals surface area (Å²) in [4.78, 5) is 28.8. The van der Waals surface area contributed by atoms with Crippen molar-refractivity contribution in [2.45, 2.75) is 53.1 Å². The first-order valence-electron chi connectivity index (χ1n) is 9.68. The number of aryl methyl sites for hydroxylation is 1. The van der Waals surface area contributed by atoms with Gasteiger partial charge in [0.2, 0.25) is 11.8 Å². The molecule has 2 amide bonds. The number of furan rings is 1. The second kappa shape index (κ2) is 10.6. The highest BCUT2D eigenvalue weighted by molar-refractivity contribution is 5.84. The van der Waals surface area contributed by atoms with Gasteiger partial charge in [-0.25, -0.2) is 0 Å². The fourth-order valence-corrected chi connectivity index (χ4v) is 2.99. The maximum atomic E-state index is 13.0. The van der Waals surface area contributed by atoms with E-state index < -0.39 is 0 Å². The van der Waals surface area contributed by atoms with Crippen molar-refractivity contribution in [1.82, 2.24) is 9.80 Å². The third-order valence-electron chi connectivity index (χ3n) is 4.35. The Labute approximate surface area is 162 Å². The van der Waals surface area contributed by atoms with E-state index in [4.69, 9.17) is 4.42 Å². The van der Waals surface area contributed by atoms with Crippen LogP contribution in [0.5, 0.6) is 0 Å². The summed E-state index contributed by atoms with van der Waals surface area (Å²) in [7, 11) is 0. The van der Waals surface area contributed by atoms with Gasteiger partial charge in [-0.05, 0) is 37.5 Å². The molecule has 2 rings (SSSR count). The second-order valence-electron chi connectivity index (χ2n) is 6.81. The van der Waals surface area contributed by atoms with Crippen molar-refractivity contribution in [3.05, 3.63) is 59.5 Å². The first-order valence-corrected chi connectivity index (χ1v) is 9.68. The smallest absolute Gasteiger partial charge is 0.242 e. The Morgan fingerprint density at radius 2 is 1.63 bits per heavy atom. The summed E-state index contributed by atoms with van der Waals surface area (Å²) >= 11 is 0. The molecule has 0 spiro atoms.